The predicted octanol–water partition coefficient (Wildman–Crippen LogP) is 1.86. The van der Waals surface area contributed by atoms with Gasteiger partial charge in [0.25, 0.3) is 0 Å². The molecule has 1 heterocycles. The van der Waals surface area contributed by atoms with Crippen LogP contribution in [0, 0.1) is 5.92 Å². The van der Waals surface area contributed by atoms with Crippen LogP contribution in [0.4, 0.5) is 0 Å². The van der Waals surface area contributed by atoms with Gasteiger partial charge in [-0.05, 0) is 44.5 Å². The summed E-state index contributed by atoms with van der Waals surface area (Å²) in [7, 11) is 0. The fourth-order valence-electron chi connectivity index (χ4n) is 2.01. The van der Waals surface area contributed by atoms with Crippen LogP contribution in [0.5, 0.6) is 0 Å². The average Bonchev–Trinajstić information content (AvgIpc) is 2.30. The maximum Gasteiger partial charge on any atom is 0.0638 e. The van der Waals surface area contributed by atoms with Crippen LogP contribution >= 0.6 is 0 Å². The van der Waals surface area contributed by atoms with Gasteiger partial charge in [0.05, 0.1) is 6.61 Å². The van der Waals surface area contributed by atoms with E-state index in [9.17, 15) is 0 Å². The highest BCUT2D eigenvalue weighted by molar-refractivity contribution is 4.69. The highest BCUT2D eigenvalue weighted by Crippen LogP contribution is 2.15. The summed E-state index contributed by atoms with van der Waals surface area (Å²) >= 11 is 0. The van der Waals surface area contributed by atoms with Crippen molar-refractivity contribution >= 4 is 0 Å². The van der Waals surface area contributed by atoms with Crippen LogP contribution in [0.25, 0.3) is 0 Å². The van der Waals surface area contributed by atoms with Crippen molar-refractivity contribution in [2.24, 2.45) is 5.92 Å². The summed E-state index contributed by atoms with van der Waals surface area (Å²) in [6.45, 7) is 12.2. The lowest BCUT2D eigenvalue weighted by Gasteiger charge is -2.30. The van der Waals surface area contributed by atoms with Crippen molar-refractivity contribution in [3.05, 3.63) is 12.8 Å². The van der Waals surface area contributed by atoms with Gasteiger partial charge >= 0.3 is 0 Å². The Morgan fingerprint density at radius 1 is 1.38 bits per heavy atom. The molecular formula is C13H26N2O. The second kappa shape index (κ2) is 8.59. The Balaban J connectivity index is 1.85. The molecule has 1 N–H and O–H groups in total. The van der Waals surface area contributed by atoms with E-state index in [4.69, 9.17) is 4.74 Å². The molecule has 1 aliphatic rings. The highest BCUT2D eigenvalue weighted by atomic mass is 16.5. The first-order valence-electron chi connectivity index (χ1n) is 6.47. The molecule has 94 valence electrons. The van der Waals surface area contributed by atoms with E-state index in [1.807, 2.05) is 0 Å². The van der Waals surface area contributed by atoms with Gasteiger partial charge in [-0.2, -0.15) is 0 Å². The predicted molar refractivity (Wildman–Crippen MR) is 68.5 cm³/mol. The van der Waals surface area contributed by atoms with Gasteiger partial charge in [0.1, 0.15) is 0 Å². The summed E-state index contributed by atoms with van der Waals surface area (Å²) in [6.07, 6.45) is 5.59. The maximum absolute atomic E-state index is 5.51. The minimum atomic E-state index is 0.781. The van der Waals surface area contributed by atoms with Gasteiger partial charge in [0, 0.05) is 19.7 Å². The summed E-state index contributed by atoms with van der Waals surface area (Å²) in [5.74, 6) is 0.928. The third kappa shape index (κ3) is 6.13. The fraction of sp³-hybridized carbons (Fsp3) is 0.846. The first-order valence-corrected chi connectivity index (χ1v) is 6.47. The van der Waals surface area contributed by atoms with Gasteiger partial charge in [0.15, 0.2) is 0 Å². The van der Waals surface area contributed by atoms with Gasteiger partial charge < -0.3 is 15.0 Å². The van der Waals surface area contributed by atoms with Crippen molar-refractivity contribution in [1.29, 1.82) is 0 Å². The Labute approximate surface area is 99.8 Å². The largest absolute Gasteiger partial charge is 0.389 e. The SMILES string of the molecule is C=CNCCOCCCN1CCC(C)CC1. The molecule has 0 saturated carbocycles. The molecule has 0 amide bonds. The van der Waals surface area contributed by atoms with E-state index in [1.54, 1.807) is 6.20 Å². The third-order valence-corrected chi connectivity index (χ3v) is 3.17. The number of likely N-dealkylation sites (tertiary alicyclic amines) is 1. The number of hydrogen-bond donors (Lipinski definition) is 1. The Morgan fingerprint density at radius 2 is 2.12 bits per heavy atom. The molecule has 0 radical (unpaired) electrons. The second-order valence-electron chi connectivity index (χ2n) is 4.65. The monoisotopic (exact) mass is 226 g/mol. The molecule has 0 atom stereocenters. The van der Waals surface area contributed by atoms with Crippen LogP contribution in [0.15, 0.2) is 12.8 Å². The van der Waals surface area contributed by atoms with Gasteiger partial charge in [-0.3, -0.25) is 0 Å². The molecule has 0 unspecified atom stereocenters. The molecular weight excluding hydrogens is 200 g/mol. The molecule has 0 aromatic rings. The van der Waals surface area contributed by atoms with E-state index in [0.29, 0.717) is 0 Å². The van der Waals surface area contributed by atoms with E-state index in [-0.39, 0.29) is 0 Å². The fourth-order valence-corrected chi connectivity index (χ4v) is 2.01. The zero-order valence-electron chi connectivity index (χ0n) is 10.6. The lowest BCUT2D eigenvalue weighted by molar-refractivity contribution is 0.115. The highest BCUT2D eigenvalue weighted by Gasteiger charge is 2.14. The molecule has 1 rings (SSSR count). The van der Waals surface area contributed by atoms with E-state index >= 15 is 0 Å². The zero-order valence-corrected chi connectivity index (χ0v) is 10.6. The number of rotatable bonds is 8. The van der Waals surface area contributed by atoms with Crippen molar-refractivity contribution in [3.8, 4) is 0 Å². The second-order valence-corrected chi connectivity index (χ2v) is 4.65. The normalized spacial score (nSPS) is 18.6. The minimum Gasteiger partial charge on any atom is -0.389 e. The zero-order chi connectivity index (χ0) is 11.6. The van der Waals surface area contributed by atoms with Gasteiger partial charge in [-0.25, -0.2) is 0 Å². The Bertz CT molecular complexity index is 177. The van der Waals surface area contributed by atoms with Crippen LogP contribution < -0.4 is 5.32 Å². The summed E-state index contributed by atoms with van der Waals surface area (Å²) in [5, 5.41) is 3.02. The molecule has 16 heavy (non-hydrogen) atoms. The number of piperidine rings is 1. The van der Waals surface area contributed by atoms with E-state index in [2.05, 4.69) is 23.7 Å². The van der Waals surface area contributed by atoms with Crippen molar-refractivity contribution in [3.63, 3.8) is 0 Å². The van der Waals surface area contributed by atoms with Gasteiger partial charge in [-0.15, -0.1) is 0 Å². The number of hydrogen-bond acceptors (Lipinski definition) is 3. The number of ether oxygens (including phenoxy) is 1. The average molecular weight is 226 g/mol. The lowest BCUT2D eigenvalue weighted by Crippen LogP contribution is -2.34. The summed E-state index contributed by atoms with van der Waals surface area (Å²) in [5.41, 5.74) is 0. The summed E-state index contributed by atoms with van der Waals surface area (Å²) in [4.78, 5) is 2.56. The molecule has 1 fully saturated rings. The summed E-state index contributed by atoms with van der Waals surface area (Å²) < 4.78 is 5.51. The Morgan fingerprint density at radius 3 is 2.81 bits per heavy atom. The molecule has 0 bridgehead atoms. The molecule has 3 nitrogen and oxygen atoms in total. The van der Waals surface area contributed by atoms with Crippen molar-refractivity contribution in [2.45, 2.75) is 26.2 Å². The molecule has 1 saturated heterocycles. The molecule has 0 spiro atoms. The van der Waals surface area contributed by atoms with Crippen LogP contribution in [0.2, 0.25) is 0 Å². The number of nitrogens with zero attached hydrogens (tertiary/aromatic N) is 1. The van der Waals surface area contributed by atoms with Gasteiger partial charge in [-0.1, -0.05) is 13.5 Å². The van der Waals surface area contributed by atoms with E-state index in [0.717, 1.165) is 32.1 Å². The lowest BCUT2D eigenvalue weighted by atomic mass is 9.99. The third-order valence-electron chi connectivity index (χ3n) is 3.17. The molecule has 0 aromatic heterocycles. The van der Waals surface area contributed by atoms with Crippen molar-refractivity contribution in [1.82, 2.24) is 10.2 Å². The first-order chi connectivity index (χ1) is 7.83. The van der Waals surface area contributed by atoms with Crippen molar-refractivity contribution < 1.29 is 4.74 Å². The van der Waals surface area contributed by atoms with Crippen LogP contribution in [0.1, 0.15) is 26.2 Å². The summed E-state index contributed by atoms with van der Waals surface area (Å²) in [6, 6.07) is 0. The molecule has 0 aromatic carbocycles. The van der Waals surface area contributed by atoms with E-state index in [1.165, 1.54) is 32.5 Å². The molecule has 1 aliphatic heterocycles. The van der Waals surface area contributed by atoms with E-state index < -0.39 is 0 Å². The van der Waals surface area contributed by atoms with Gasteiger partial charge in [0.2, 0.25) is 0 Å². The van der Waals surface area contributed by atoms with Crippen LogP contribution in [-0.2, 0) is 4.74 Å². The smallest absolute Gasteiger partial charge is 0.0638 e. The number of nitrogens with one attached hydrogen (secondary N) is 1. The molecule has 3 heteroatoms. The molecule has 0 aliphatic carbocycles. The van der Waals surface area contributed by atoms with Crippen molar-refractivity contribution in [2.75, 3.05) is 39.4 Å². The quantitative estimate of drug-likeness (QED) is 0.639. The standard InChI is InChI=1S/C13H26N2O/c1-3-14-7-12-16-11-4-8-15-9-5-13(2)6-10-15/h3,13-14H,1,4-12H2,2H3. The Hall–Kier alpha value is -0.540. The topological polar surface area (TPSA) is 24.5 Å². The van der Waals surface area contributed by atoms with Crippen LogP contribution in [0.3, 0.4) is 0 Å². The Kier molecular flexibility index (Phi) is 7.26. The van der Waals surface area contributed by atoms with Crippen LogP contribution in [-0.4, -0.2) is 44.3 Å². The minimum absolute atomic E-state index is 0.781. The first kappa shape index (κ1) is 13.5. The maximum atomic E-state index is 5.51.